The van der Waals surface area contributed by atoms with Gasteiger partial charge in [0, 0.05) is 12.8 Å². The Hall–Kier alpha value is -1.14. The summed E-state index contributed by atoms with van der Waals surface area (Å²) in [6.45, 7) is 5.26. The SMILES string of the molecule is C=CCO[C@H]1CN(C(=O)c2cnc(Cl)cc2Cl)[C@@H]2CCCO[C@H]12. The predicted octanol–water partition coefficient (Wildman–Crippen LogP) is 2.96. The molecule has 0 saturated carbocycles. The number of rotatable bonds is 4. The van der Waals surface area contributed by atoms with Gasteiger partial charge < -0.3 is 14.4 Å². The Kier molecular flexibility index (Phi) is 5.21. The van der Waals surface area contributed by atoms with Crippen molar-refractivity contribution in [1.82, 2.24) is 9.88 Å². The number of fused-ring (bicyclic) bond motifs is 1. The summed E-state index contributed by atoms with van der Waals surface area (Å²) < 4.78 is 11.6. The minimum atomic E-state index is -0.163. The standard InChI is InChI=1S/C16H18Cl2N2O3/c1-2-5-22-13-9-20(12-4-3-6-23-15(12)13)16(21)10-8-19-14(18)7-11(10)17/h2,7-8,12-13,15H,1,3-6,9H2/t12-,13+,15+/m1/s1. The van der Waals surface area contributed by atoms with E-state index in [1.807, 2.05) is 0 Å². The van der Waals surface area contributed by atoms with Crippen LogP contribution in [0.25, 0.3) is 0 Å². The Morgan fingerprint density at radius 3 is 3.13 bits per heavy atom. The first-order valence-corrected chi connectivity index (χ1v) is 8.33. The third-order valence-electron chi connectivity index (χ3n) is 4.22. The molecule has 1 aromatic heterocycles. The lowest BCUT2D eigenvalue weighted by Gasteiger charge is -2.32. The normalized spacial score (nSPS) is 26.9. The van der Waals surface area contributed by atoms with E-state index in [0.29, 0.717) is 30.3 Å². The zero-order chi connectivity index (χ0) is 16.4. The summed E-state index contributed by atoms with van der Waals surface area (Å²) in [5.41, 5.74) is 0.352. The van der Waals surface area contributed by atoms with Gasteiger partial charge in [-0.1, -0.05) is 29.3 Å². The van der Waals surface area contributed by atoms with Gasteiger partial charge in [0.25, 0.3) is 5.91 Å². The molecule has 0 radical (unpaired) electrons. The topological polar surface area (TPSA) is 51.7 Å². The number of ether oxygens (including phenoxy) is 2. The van der Waals surface area contributed by atoms with Crippen molar-refractivity contribution >= 4 is 29.1 Å². The maximum atomic E-state index is 12.9. The lowest BCUT2D eigenvalue weighted by Crippen LogP contribution is -2.44. The predicted molar refractivity (Wildman–Crippen MR) is 88.0 cm³/mol. The Bertz CT molecular complexity index is 611. The minimum Gasteiger partial charge on any atom is -0.373 e. The van der Waals surface area contributed by atoms with Crippen molar-refractivity contribution in [3.8, 4) is 0 Å². The largest absolute Gasteiger partial charge is 0.373 e. The number of hydrogen-bond acceptors (Lipinski definition) is 4. The van der Waals surface area contributed by atoms with Gasteiger partial charge in [-0.15, -0.1) is 6.58 Å². The molecule has 1 aromatic rings. The van der Waals surface area contributed by atoms with Crippen molar-refractivity contribution < 1.29 is 14.3 Å². The summed E-state index contributed by atoms with van der Waals surface area (Å²) in [4.78, 5) is 18.6. The van der Waals surface area contributed by atoms with E-state index in [9.17, 15) is 4.79 Å². The summed E-state index contributed by atoms with van der Waals surface area (Å²) in [6, 6.07) is 1.48. The van der Waals surface area contributed by atoms with E-state index in [0.717, 1.165) is 12.8 Å². The van der Waals surface area contributed by atoms with Gasteiger partial charge >= 0.3 is 0 Å². The number of likely N-dealkylation sites (tertiary alicyclic amines) is 1. The van der Waals surface area contributed by atoms with Crippen molar-refractivity contribution in [3.63, 3.8) is 0 Å². The number of hydrogen-bond donors (Lipinski definition) is 0. The van der Waals surface area contributed by atoms with E-state index >= 15 is 0 Å². The maximum absolute atomic E-state index is 12.9. The van der Waals surface area contributed by atoms with Crippen molar-refractivity contribution in [1.29, 1.82) is 0 Å². The van der Waals surface area contributed by atoms with Gasteiger partial charge in [0.1, 0.15) is 17.4 Å². The molecular formula is C16H18Cl2N2O3. The van der Waals surface area contributed by atoms with Gasteiger partial charge in [0.15, 0.2) is 0 Å². The molecule has 0 bridgehead atoms. The molecule has 0 spiro atoms. The van der Waals surface area contributed by atoms with E-state index in [1.54, 1.807) is 11.0 Å². The highest BCUT2D eigenvalue weighted by Gasteiger charge is 2.47. The number of pyridine rings is 1. The lowest BCUT2D eigenvalue weighted by atomic mass is 10.0. The Labute approximate surface area is 145 Å². The summed E-state index contributed by atoms with van der Waals surface area (Å²) in [5.74, 6) is -0.163. The Morgan fingerprint density at radius 2 is 2.39 bits per heavy atom. The molecule has 2 fully saturated rings. The molecule has 2 aliphatic rings. The van der Waals surface area contributed by atoms with Crippen LogP contribution in [0.3, 0.4) is 0 Å². The molecule has 1 amide bonds. The average molecular weight is 357 g/mol. The van der Waals surface area contributed by atoms with Crippen LogP contribution in [-0.2, 0) is 9.47 Å². The van der Waals surface area contributed by atoms with Gasteiger partial charge in [-0.05, 0) is 18.9 Å². The van der Waals surface area contributed by atoms with E-state index < -0.39 is 0 Å². The number of carbonyl (C=O) groups excluding carboxylic acids is 1. The molecule has 2 aliphatic heterocycles. The first-order valence-electron chi connectivity index (χ1n) is 7.58. The molecule has 124 valence electrons. The van der Waals surface area contributed by atoms with Gasteiger partial charge in [-0.25, -0.2) is 4.98 Å². The first kappa shape index (κ1) is 16.7. The van der Waals surface area contributed by atoms with Gasteiger partial charge in [-0.2, -0.15) is 0 Å². The van der Waals surface area contributed by atoms with Crippen molar-refractivity contribution in [2.24, 2.45) is 0 Å². The summed E-state index contributed by atoms with van der Waals surface area (Å²) in [6.07, 6.45) is 4.67. The molecule has 2 saturated heterocycles. The molecule has 5 nitrogen and oxygen atoms in total. The number of amides is 1. The molecule has 0 aromatic carbocycles. The lowest BCUT2D eigenvalue weighted by molar-refractivity contribution is -0.0708. The number of halogens is 2. The highest BCUT2D eigenvalue weighted by Crippen LogP contribution is 2.33. The third-order valence-corrected chi connectivity index (χ3v) is 4.74. The average Bonchev–Trinajstić information content (AvgIpc) is 2.91. The van der Waals surface area contributed by atoms with E-state index in [4.69, 9.17) is 32.7 Å². The fourth-order valence-electron chi connectivity index (χ4n) is 3.20. The van der Waals surface area contributed by atoms with Crippen LogP contribution in [0.5, 0.6) is 0 Å². The molecule has 3 rings (SSSR count). The third kappa shape index (κ3) is 3.38. The van der Waals surface area contributed by atoms with Crippen LogP contribution < -0.4 is 0 Å². The molecule has 0 unspecified atom stereocenters. The second-order valence-electron chi connectivity index (χ2n) is 5.65. The molecule has 0 aliphatic carbocycles. The zero-order valence-corrected chi connectivity index (χ0v) is 14.1. The van der Waals surface area contributed by atoms with Crippen LogP contribution in [0.4, 0.5) is 0 Å². The number of aromatic nitrogens is 1. The second-order valence-corrected chi connectivity index (χ2v) is 6.44. The van der Waals surface area contributed by atoms with Crippen LogP contribution in [0.15, 0.2) is 24.9 Å². The molecule has 0 N–H and O–H groups in total. The van der Waals surface area contributed by atoms with Crippen LogP contribution in [0.1, 0.15) is 23.2 Å². The van der Waals surface area contributed by atoms with Gasteiger partial charge in [-0.3, -0.25) is 4.79 Å². The molecular weight excluding hydrogens is 339 g/mol. The molecule has 7 heteroatoms. The van der Waals surface area contributed by atoms with Crippen molar-refractivity contribution in [2.75, 3.05) is 19.8 Å². The van der Waals surface area contributed by atoms with E-state index in [2.05, 4.69) is 11.6 Å². The van der Waals surface area contributed by atoms with Crippen LogP contribution >= 0.6 is 23.2 Å². The van der Waals surface area contributed by atoms with Gasteiger partial charge in [0.05, 0.1) is 29.8 Å². The van der Waals surface area contributed by atoms with Crippen LogP contribution in [0.2, 0.25) is 10.2 Å². The fraction of sp³-hybridized carbons (Fsp3) is 0.500. The summed E-state index contributed by atoms with van der Waals surface area (Å²) >= 11 is 12.0. The number of carbonyl (C=O) groups is 1. The smallest absolute Gasteiger partial charge is 0.257 e. The maximum Gasteiger partial charge on any atom is 0.257 e. The van der Waals surface area contributed by atoms with Crippen molar-refractivity contribution in [3.05, 3.63) is 40.7 Å². The van der Waals surface area contributed by atoms with Gasteiger partial charge in [0.2, 0.25) is 0 Å². The molecule has 3 atom stereocenters. The molecule has 23 heavy (non-hydrogen) atoms. The quantitative estimate of drug-likeness (QED) is 0.614. The Balaban J connectivity index is 1.82. The van der Waals surface area contributed by atoms with E-state index in [-0.39, 0.29) is 29.3 Å². The zero-order valence-electron chi connectivity index (χ0n) is 12.6. The van der Waals surface area contributed by atoms with Crippen molar-refractivity contribution in [2.45, 2.75) is 31.1 Å². The second kappa shape index (κ2) is 7.18. The van der Waals surface area contributed by atoms with Crippen LogP contribution in [0, 0.1) is 0 Å². The monoisotopic (exact) mass is 356 g/mol. The van der Waals surface area contributed by atoms with E-state index in [1.165, 1.54) is 12.3 Å². The minimum absolute atomic E-state index is 0.00203. The Morgan fingerprint density at radius 1 is 1.57 bits per heavy atom. The highest BCUT2D eigenvalue weighted by molar-refractivity contribution is 6.36. The first-order chi connectivity index (χ1) is 11.1. The van der Waals surface area contributed by atoms with Crippen LogP contribution in [-0.4, -0.2) is 53.8 Å². The summed E-state index contributed by atoms with van der Waals surface area (Å²) in [5, 5.41) is 0.567. The summed E-state index contributed by atoms with van der Waals surface area (Å²) in [7, 11) is 0. The molecule has 3 heterocycles. The fourth-order valence-corrected chi connectivity index (χ4v) is 3.65. The highest BCUT2D eigenvalue weighted by atomic mass is 35.5. The number of nitrogens with zero attached hydrogens (tertiary/aromatic N) is 2.